The van der Waals surface area contributed by atoms with Crippen LogP contribution in [0.2, 0.25) is 0 Å². The Morgan fingerprint density at radius 3 is 2.00 bits per heavy atom. The van der Waals surface area contributed by atoms with E-state index < -0.39 is 0 Å². The smallest absolute Gasteiger partial charge is 0.122 e. The van der Waals surface area contributed by atoms with Crippen molar-refractivity contribution in [3.63, 3.8) is 0 Å². The van der Waals surface area contributed by atoms with Crippen molar-refractivity contribution < 1.29 is 5.48 Å². The maximum absolute atomic E-state index is 7.01. The van der Waals surface area contributed by atoms with E-state index >= 15 is 0 Å². The summed E-state index contributed by atoms with van der Waals surface area (Å²) in [5, 5.41) is 9.09. The van der Waals surface area contributed by atoms with Crippen LogP contribution in [-0.4, -0.2) is 11.3 Å². The molecule has 2 aromatic rings. The van der Waals surface area contributed by atoms with Crippen LogP contribution in [0.5, 0.6) is 0 Å². The molecule has 86 valence electrons. The molecule has 3 nitrogen and oxygen atoms in total. The first-order valence-corrected chi connectivity index (χ1v) is 5.47. The number of thiophene rings is 1. The summed E-state index contributed by atoms with van der Waals surface area (Å²) in [6.45, 7) is 2.10. The van der Waals surface area contributed by atoms with E-state index in [1.54, 1.807) is 11.3 Å². The molecule has 16 heavy (non-hydrogen) atoms. The zero-order valence-electron chi connectivity index (χ0n) is 9.10. The number of amidine groups is 1. The summed E-state index contributed by atoms with van der Waals surface area (Å²) < 4.78 is 0. The third-order valence-corrected chi connectivity index (χ3v) is 2.55. The van der Waals surface area contributed by atoms with Crippen molar-refractivity contribution in [3.8, 4) is 0 Å². The fraction of sp³-hybridized carbons (Fsp3) is 0.0833. The molecule has 1 aromatic heterocycles. The second-order valence-electron chi connectivity index (χ2n) is 3.00. The highest BCUT2D eigenvalue weighted by Crippen LogP contribution is 2.03. The van der Waals surface area contributed by atoms with Gasteiger partial charge in [0.25, 0.3) is 0 Å². The Labute approximate surface area is 99.4 Å². The molecule has 0 saturated carbocycles. The number of hydrogen-bond acceptors (Lipinski definition) is 2. The third kappa shape index (κ3) is 5.29. The molecule has 0 bridgehead atoms. The molecule has 0 amide bonds. The average Bonchev–Trinajstić information content (AvgIpc) is 2.71. The van der Waals surface area contributed by atoms with Crippen LogP contribution in [0.1, 0.15) is 10.4 Å². The molecule has 0 atom stereocenters. The Bertz CT molecular complexity index is 398. The molecule has 0 aliphatic heterocycles. The summed E-state index contributed by atoms with van der Waals surface area (Å²) in [6.07, 6.45) is 0. The Kier molecular flexibility index (Phi) is 6.83. The van der Waals surface area contributed by atoms with Gasteiger partial charge in [0.2, 0.25) is 0 Å². The molecule has 0 fully saturated rings. The van der Waals surface area contributed by atoms with E-state index in [4.69, 9.17) is 11.1 Å². The van der Waals surface area contributed by atoms with Crippen LogP contribution in [0.25, 0.3) is 0 Å². The molecule has 2 rings (SSSR count). The van der Waals surface area contributed by atoms with Gasteiger partial charge in [-0.2, -0.15) is 0 Å². The summed E-state index contributed by atoms with van der Waals surface area (Å²) in [4.78, 5) is 1.38. The van der Waals surface area contributed by atoms with Gasteiger partial charge in [-0.15, -0.1) is 11.3 Å². The van der Waals surface area contributed by atoms with Crippen molar-refractivity contribution in [2.75, 3.05) is 0 Å². The zero-order chi connectivity index (χ0) is 11.1. The van der Waals surface area contributed by atoms with Crippen LogP contribution in [0.15, 0.2) is 47.8 Å². The minimum atomic E-state index is 0. The van der Waals surface area contributed by atoms with Crippen LogP contribution in [0, 0.1) is 12.3 Å². The highest BCUT2D eigenvalue weighted by Gasteiger charge is 1.89. The van der Waals surface area contributed by atoms with Crippen LogP contribution in [-0.2, 0) is 0 Å². The van der Waals surface area contributed by atoms with Crippen LogP contribution in [0.3, 0.4) is 0 Å². The molecular formula is C12H16N2OS. The second kappa shape index (κ2) is 7.62. The van der Waals surface area contributed by atoms with Gasteiger partial charge < -0.3 is 11.2 Å². The summed E-state index contributed by atoms with van der Waals surface area (Å²) in [5.74, 6) is 0.121. The molecule has 0 radical (unpaired) electrons. The maximum atomic E-state index is 7.01. The van der Waals surface area contributed by atoms with Gasteiger partial charge in [-0.1, -0.05) is 36.4 Å². The van der Waals surface area contributed by atoms with Crippen LogP contribution in [0.4, 0.5) is 0 Å². The number of aryl methyl sites for hydroxylation is 1. The van der Waals surface area contributed by atoms with Crippen molar-refractivity contribution >= 4 is 17.2 Å². The lowest BCUT2D eigenvalue weighted by atomic mass is 10.2. The maximum Gasteiger partial charge on any atom is 0.122 e. The van der Waals surface area contributed by atoms with E-state index in [0.717, 1.165) is 5.56 Å². The standard InChI is InChI=1S/C7H8N2.C5H6S.H2O/c8-7(9)6-4-2-1-3-5-6;1-5-3-2-4-6-5;/h1-5H,(H3,8,9);2-4H,1H3;1H2. The monoisotopic (exact) mass is 236 g/mol. The van der Waals surface area contributed by atoms with Gasteiger partial charge in [0, 0.05) is 10.4 Å². The first-order chi connectivity index (χ1) is 7.20. The Balaban J connectivity index is 0.000000283. The fourth-order valence-electron chi connectivity index (χ4n) is 0.978. The van der Waals surface area contributed by atoms with Gasteiger partial charge in [-0.05, 0) is 18.4 Å². The van der Waals surface area contributed by atoms with Crippen molar-refractivity contribution in [3.05, 3.63) is 58.3 Å². The number of benzene rings is 1. The first-order valence-electron chi connectivity index (χ1n) is 4.59. The number of nitrogen functional groups attached to an aromatic ring is 1. The number of nitrogens with one attached hydrogen (secondary N) is 1. The Hall–Kier alpha value is -1.65. The van der Waals surface area contributed by atoms with Gasteiger partial charge in [-0.3, -0.25) is 5.41 Å². The third-order valence-electron chi connectivity index (χ3n) is 1.75. The highest BCUT2D eigenvalue weighted by molar-refractivity contribution is 7.09. The zero-order valence-corrected chi connectivity index (χ0v) is 9.92. The summed E-state index contributed by atoms with van der Waals surface area (Å²) in [7, 11) is 0. The van der Waals surface area contributed by atoms with Crippen molar-refractivity contribution in [2.24, 2.45) is 5.73 Å². The average molecular weight is 236 g/mol. The molecule has 0 spiro atoms. The van der Waals surface area contributed by atoms with Crippen molar-refractivity contribution in [1.29, 1.82) is 5.41 Å². The Morgan fingerprint density at radius 1 is 1.12 bits per heavy atom. The molecule has 1 aromatic carbocycles. The molecule has 0 aliphatic rings. The summed E-state index contributed by atoms with van der Waals surface area (Å²) in [6, 6.07) is 13.4. The minimum absolute atomic E-state index is 0. The second-order valence-corrected chi connectivity index (χ2v) is 4.16. The molecule has 5 N–H and O–H groups in total. The van der Waals surface area contributed by atoms with E-state index in [2.05, 4.69) is 24.4 Å². The van der Waals surface area contributed by atoms with Crippen LogP contribution < -0.4 is 5.73 Å². The molecule has 0 aliphatic carbocycles. The lowest BCUT2D eigenvalue weighted by molar-refractivity contribution is 0.824. The number of hydrogen-bond donors (Lipinski definition) is 2. The molecule has 1 heterocycles. The lowest BCUT2D eigenvalue weighted by Gasteiger charge is -1.93. The predicted octanol–water partition coefficient (Wildman–Crippen LogP) is 2.20. The van der Waals surface area contributed by atoms with Gasteiger partial charge in [0.05, 0.1) is 0 Å². The van der Waals surface area contributed by atoms with E-state index in [0.29, 0.717) is 0 Å². The highest BCUT2D eigenvalue weighted by atomic mass is 32.1. The van der Waals surface area contributed by atoms with E-state index in [1.165, 1.54) is 4.88 Å². The van der Waals surface area contributed by atoms with Gasteiger partial charge in [-0.25, -0.2) is 0 Å². The molecule has 0 saturated heterocycles. The molecule has 0 unspecified atom stereocenters. The lowest BCUT2D eigenvalue weighted by Crippen LogP contribution is -2.10. The Morgan fingerprint density at radius 2 is 1.75 bits per heavy atom. The van der Waals surface area contributed by atoms with Gasteiger partial charge in [0.1, 0.15) is 5.84 Å². The van der Waals surface area contributed by atoms with Crippen LogP contribution >= 0.6 is 11.3 Å². The summed E-state index contributed by atoms with van der Waals surface area (Å²) in [5.41, 5.74) is 5.97. The predicted molar refractivity (Wildman–Crippen MR) is 70.1 cm³/mol. The largest absolute Gasteiger partial charge is 0.412 e. The van der Waals surface area contributed by atoms with E-state index in [1.807, 2.05) is 30.3 Å². The molecule has 4 heteroatoms. The number of nitrogens with two attached hydrogens (primary N) is 1. The fourth-order valence-corrected chi connectivity index (χ4v) is 1.51. The molecular weight excluding hydrogens is 220 g/mol. The van der Waals surface area contributed by atoms with Gasteiger partial charge >= 0.3 is 0 Å². The van der Waals surface area contributed by atoms with Crippen molar-refractivity contribution in [2.45, 2.75) is 6.92 Å². The summed E-state index contributed by atoms with van der Waals surface area (Å²) >= 11 is 1.78. The normalized spacial score (nSPS) is 8.31. The van der Waals surface area contributed by atoms with E-state index in [9.17, 15) is 0 Å². The van der Waals surface area contributed by atoms with E-state index in [-0.39, 0.29) is 11.3 Å². The quantitative estimate of drug-likeness (QED) is 0.577. The minimum Gasteiger partial charge on any atom is -0.412 e. The van der Waals surface area contributed by atoms with Gasteiger partial charge in [0.15, 0.2) is 0 Å². The SMILES string of the molecule is Cc1cccs1.N=C(N)c1ccccc1.O. The topological polar surface area (TPSA) is 81.4 Å². The first kappa shape index (κ1) is 14.3. The number of rotatable bonds is 1. The van der Waals surface area contributed by atoms with Crippen molar-refractivity contribution in [1.82, 2.24) is 0 Å².